The Hall–Kier alpha value is -9.07. The van der Waals surface area contributed by atoms with Gasteiger partial charge in [-0.1, -0.05) is 152 Å². The highest BCUT2D eigenvalue weighted by molar-refractivity contribution is 6.26. The monoisotopic (exact) mass is 843 g/mol. The average molecular weight is 844 g/mol. The predicted octanol–water partition coefficient (Wildman–Crippen LogP) is 15.5. The summed E-state index contributed by atoms with van der Waals surface area (Å²) in [5.41, 5.74) is 9.83. The summed E-state index contributed by atoms with van der Waals surface area (Å²) in [5, 5.41) is 13.0. The molecule has 306 valence electrons. The van der Waals surface area contributed by atoms with Crippen molar-refractivity contribution in [3.8, 4) is 34.4 Å². The zero-order valence-corrected chi connectivity index (χ0v) is 35.1. The molecule has 0 spiro atoms. The van der Waals surface area contributed by atoms with E-state index in [0.29, 0.717) is 23.2 Å². The minimum absolute atomic E-state index is 0.491. The Morgan fingerprint density at radius 1 is 0.333 bits per heavy atom. The van der Waals surface area contributed by atoms with Crippen LogP contribution in [-0.4, -0.2) is 24.1 Å². The van der Waals surface area contributed by atoms with E-state index in [0.717, 1.165) is 98.7 Å². The van der Waals surface area contributed by atoms with E-state index in [4.69, 9.17) is 23.8 Å². The van der Waals surface area contributed by atoms with E-state index in [-0.39, 0.29) is 0 Å². The number of nitrogens with zero attached hydrogens (tertiary/aromatic N) is 5. The number of fused-ring (bicyclic) bond motifs is 14. The van der Waals surface area contributed by atoms with Crippen molar-refractivity contribution in [2.45, 2.75) is 0 Å². The fraction of sp³-hybridized carbons (Fsp3) is 0. The van der Waals surface area contributed by atoms with Crippen LogP contribution in [0, 0.1) is 0 Å². The van der Waals surface area contributed by atoms with Gasteiger partial charge >= 0.3 is 0 Å². The third-order valence-electron chi connectivity index (χ3n) is 13.5. The number of furan rings is 2. The molecular weight excluding hydrogens is 811 g/mol. The maximum Gasteiger partial charge on any atom is 0.238 e. The molecule has 0 aliphatic rings. The number of aromatic nitrogens is 5. The summed E-state index contributed by atoms with van der Waals surface area (Å²) in [7, 11) is 0. The van der Waals surface area contributed by atoms with E-state index < -0.39 is 0 Å². The molecule has 7 heteroatoms. The molecule has 0 atom stereocenters. The molecule has 5 heterocycles. The Bertz CT molecular complexity index is 4500. The van der Waals surface area contributed by atoms with Gasteiger partial charge in [-0.15, -0.1) is 0 Å². The molecule has 5 aromatic heterocycles. The molecular formula is C59H33N5O2. The molecule has 0 amide bonds. The highest BCUT2D eigenvalue weighted by atomic mass is 16.3. The second-order valence-electron chi connectivity index (χ2n) is 17.1. The average Bonchev–Trinajstić information content (AvgIpc) is 4.13. The normalized spacial score (nSPS) is 12.2. The zero-order valence-electron chi connectivity index (χ0n) is 35.1. The number of rotatable bonds is 4. The van der Waals surface area contributed by atoms with Crippen molar-refractivity contribution in [3.05, 3.63) is 200 Å². The lowest BCUT2D eigenvalue weighted by Gasteiger charge is -2.17. The summed E-state index contributed by atoms with van der Waals surface area (Å²) in [6.07, 6.45) is 0. The molecule has 7 nitrogen and oxygen atoms in total. The van der Waals surface area contributed by atoms with Crippen LogP contribution in [0.25, 0.3) is 143 Å². The zero-order chi connectivity index (χ0) is 43.0. The van der Waals surface area contributed by atoms with E-state index >= 15 is 0 Å². The third kappa shape index (κ3) is 4.83. The van der Waals surface area contributed by atoms with Gasteiger partial charge in [-0.2, -0.15) is 9.97 Å². The molecule has 0 saturated heterocycles. The molecule has 0 N–H and O–H groups in total. The number of para-hydroxylation sites is 6. The van der Waals surface area contributed by atoms with E-state index in [2.05, 4.69) is 179 Å². The number of benzene rings is 10. The lowest BCUT2D eigenvalue weighted by molar-refractivity contribution is 0.669. The fourth-order valence-electron chi connectivity index (χ4n) is 10.7. The lowest BCUT2D eigenvalue weighted by Crippen LogP contribution is -2.07. The van der Waals surface area contributed by atoms with Gasteiger partial charge in [-0.05, 0) is 64.7 Å². The highest BCUT2D eigenvalue weighted by Gasteiger charge is 2.28. The number of hydrogen-bond acceptors (Lipinski definition) is 5. The quantitative estimate of drug-likeness (QED) is 0.176. The molecule has 0 radical (unpaired) electrons. The van der Waals surface area contributed by atoms with Crippen molar-refractivity contribution in [1.29, 1.82) is 0 Å². The van der Waals surface area contributed by atoms with Crippen LogP contribution in [0.15, 0.2) is 209 Å². The first-order valence-electron chi connectivity index (χ1n) is 22.2. The Morgan fingerprint density at radius 2 is 0.848 bits per heavy atom. The van der Waals surface area contributed by atoms with Gasteiger partial charge in [0.1, 0.15) is 22.3 Å². The van der Waals surface area contributed by atoms with Gasteiger partial charge in [-0.25, -0.2) is 4.98 Å². The van der Waals surface area contributed by atoms with E-state index in [1.165, 1.54) is 21.5 Å². The van der Waals surface area contributed by atoms with Gasteiger partial charge < -0.3 is 13.4 Å². The lowest BCUT2D eigenvalue weighted by atomic mass is 9.96. The molecule has 66 heavy (non-hydrogen) atoms. The van der Waals surface area contributed by atoms with E-state index in [1.54, 1.807) is 0 Å². The van der Waals surface area contributed by atoms with Crippen molar-refractivity contribution in [3.63, 3.8) is 0 Å². The highest BCUT2D eigenvalue weighted by Crippen LogP contribution is 2.48. The minimum Gasteiger partial charge on any atom is -0.455 e. The topological polar surface area (TPSA) is 74.8 Å². The van der Waals surface area contributed by atoms with Gasteiger partial charge in [0.25, 0.3) is 0 Å². The molecule has 10 aromatic carbocycles. The van der Waals surface area contributed by atoms with Crippen LogP contribution in [-0.2, 0) is 0 Å². The largest absolute Gasteiger partial charge is 0.455 e. The summed E-state index contributed by atoms with van der Waals surface area (Å²) < 4.78 is 18.4. The van der Waals surface area contributed by atoms with Crippen molar-refractivity contribution < 1.29 is 8.83 Å². The maximum atomic E-state index is 7.17. The molecule has 0 bridgehead atoms. The predicted molar refractivity (Wildman–Crippen MR) is 269 cm³/mol. The summed E-state index contributed by atoms with van der Waals surface area (Å²) in [4.78, 5) is 16.4. The van der Waals surface area contributed by atoms with Crippen molar-refractivity contribution >= 4 is 109 Å². The van der Waals surface area contributed by atoms with Crippen molar-refractivity contribution in [2.75, 3.05) is 0 Å². The van der Waals surface area contributed by atoms with Crippen LogP contribution in [0.3, 0.4) is 0 Å². The Morgan fingerprint density at radius 3 is 1.58 bits per heavy atom. The van der Waals surface area contributed by atoms with Crippen LogP contribution in [0.5, 0.6) is 0 Å². The van der Waals surface area contributed by atoms with Gasteiger partial charge in [0.15, 0.2) is 11.6 Å². The SMILES string of the molecule is c1ccc2cc3c(cc2c1)c1ccccc1n3-c1c2ccccc2c(-c2nc(-c3cccc4c3oc3ccccc34)nc(-n3c4ccccc4c4ccccc43)n2)c2oc3ccccc3c12. The second kappa shape index (κ2) is 13.2. The summed E-state index contributed by atoms with van der Waals surface area (Å²) in [6, 6.07) is 70.2. The van der Waals surface area contributed by atoms with Crippen LogP contribution in [0.4, 0.5) is 0 Å². The van der Waals surface area contributed by atoms with Gasteiger partial charge in [0.05, 0.1) is 44.3 Å². The molecule has 0 fully saturated rings. The summed E-state index contributed by atoms with van der Waals surface area (Å²) >= 11 is 0. The first-order valence-corrected chi connectivity index (χ1v) is 22.2. The van der Waals surface area contributed by atoms with Gasteiger partial charge in [-0.3, -0.25) is 4.57 Å². The van der Waals surface area contributed by atoms with Crippen LogP contribution in [0.1, 0.15) is 0 Å². The molecule has 15 aromatic rings. The molecule has 0 unspecified atom stereocenters. The first kappa shape index (κ1) is 35.4. The molecule has 15 rings (SSSR count). The Kier molecular flexibility index (Phi) is 7.10. The third-order valence-corrected chi connectivity index (χ3v) is 13.5. The summed E-state index contributed by atoms with van der Waals surface area (Å²) in [5.74, 6) is 1.48. The standard InChI is InChI=1S/C59H33N5O2/c1-2-17-35-33-49-45(32-34(35)16-1)38-20-7-10-27-46(38)63(49)54-41-23-4-3-22-40(41)53(56-52(54)43-24-9-14-31-51(43)66-56)58-60-57(44-26-15-25-42-39-21-8-13-30-50(39)65-55(42)44)61-59(62-58)64-47-28-11-5-18-36(47)37-19-6-12-29-48(37)64/h1-33H. The Labute approximate surface area is 375 Å². The number of hydrogen-bond donors (Lipinski definition) is 0. The second-order valence-corrected chi connectivity index (χ2v) is 17.1. The molecule has 0 saturated carbocycles. The van der Waals surface area contributed by atoms with E-state index in [1.807, 2.05) is 30.3 Å². The smallest absolute Gasteiger partial charge is 0.238 e. The van der Waals surface area contributed by atoms with Crippen LogP contribution in [0.2, 0.25) is 0 Å². The molecule has 0 aliphatic carbocycles. The van der Waals surface area contributed by atoms with Crippen molar-refractivity contribution in [1.82, 2.24) is 24.1 Å². The maximum absolute atomic E-state index is 7.17. The summed E-state index contributed by atoms with van der Waals surface area (Å²) in [6.45, 7) is 0. The van der Waals surface area contributed by atoms with E-state index in [9.17, 15) is 0 Å². The molecule has 0 aliphatic heterocycles. The van der Waals surface area contributed by atoms with Gasteiger partial charge in [0, 0.05) is 43.1 Å². The van der Waals surface area contributed by atoms with Gasteiger partial charge in [0.2, 0.25) is 5.95 Å². The minimum atomic E-state index is 0.491. The first-order chi connectivity index (χ1) is 32.7. The fourth-order valence-corrected chi connectivity index (χ4v) is 10.7. The van der Waals surface area contributed by atoms with Crippen LogP contribution < -0.4 is 0 Å². The van der Waals surface area contributed by atoms with Crippen molar-refractivity contribution in [2.24, 2.45) is 0 Å². The Balaban J connectivity index is 1.11. The van der Waals surface area contributed by atoms with Crippen LogP contribution >= 0.6 is 0 Å².